The van der Waals surface area contributed by atoms with E-state index in [1.54, 1.807) is 45.0 Å². The standard InChI is InChI=1S/C20H25ClN2O4S2/c1-4-23(5-2)29(25,26)19-13-16(9-12-18(19)27-6-3)22-20(24)14-28-17-10-7-15(21)8-11-17/h7-13H,4-6,14H2,1-3H3,(H,22,24). The van der Waals surface area contributed by atoms with Crippen molar-refractivity contribution in [2.24, 2.45) is 0 Å². The molecule has 2 rings (SSSR count). The summed E-state index contributed by atoms with van der Waals surface area (Å²) in [7, 11) is -3.73. The fraction of sp³-hybridized carbons (Fsp3) is 0.350. The van der Waals surface area contributed by atoms with Gasteiger partial charge in [-0.1, -0.05) is 25.4 Å². The molecular weight excluding hydrogens is 432 g/mol. The van der Waals surface area contributed by atoms with Crippen LogP contribution in [-0.4, -0.2) is 44.1 Å². The zero-order valence-electron chi connectivity index (χ0n) is 16.6. The van der Waals surface area contributed by atoms with Gasteiger partial charge in [-0.25, -0.2) is 8.42 Å². The lowest BCUT2D eigenvalue weighted by molar-refractivity contribution is -0.113. The number of hydrogen-bond acceptors (Lipinski definition) is 5. The SMILES string of the molecule is CCOc1ccc(NC(=O)CSc2ccc(Cl)cc2)cc1S(=O)(=O)N(CC)CC. The van der Waals surface area contributed by atoms with Crippen LogP contribution < -0.4 is 10.1 Å². The van der Waals surface area contributed by atoms with Gasteiger partial charge >= 0.3 is 0 Å². The first kappa shape index (κ1) is 23.5. The van der Waals surface area contributed by atoms with E-state index in [0.29, 0.717) is 30.4 Å². The Bertz CT molecular complexity index is 930. The molecule has 0 aliphatic rings. The van der Waals surface area contributed by atoms with Gasteiger partial charge in [-0.3, -0.25) is 4.79 Å². The summed E-state index contributed by atoms with van der Waals surface area (Å²) in [6, 6.07) is 11.9. The number of anilines is 1. The maximum absolute atomic E-state index is 13.0. The van der Waals surface area contributed by atoms with Gasteiger partial charge in [0.25, 0.3) is 0 Å². The molecular formula is C20H25ClN2O4S2. The van der Waals surface area contributed by atoms with Gasteiger partial charge in [0.2, 0.25) is 15.9 Å². The molecule has 0 aliphatic heterocycles. The van der Waals surface area contributed by atoms with Crippen LogP contribution in [0, 0.1) is 0 Å². The Kier molecular flexibility index (Phi) is 8.82. The van der Waals surface area contributed by atoms with Crippen LogP contribution in [-0.2, 0) is 14.8 Å². The average molecular weight is 457 g/mol. The number of nitrogens with one attached hydrogen (secondary N) is 1. The third-order valence-corrected chi connectivity index (χ3v) is 7.37. The second-order valence-electron chi connectivity index (χ2n) is 5.97. The topological polar surface area (TPSA) is 75.7 Å². The number of hydrogen-bond donors (Lipinski definition) is 1. The Morgan fingerprint density at radius 3 is 2.34 bits per heavy atom. The maximum Gasteiger partial charge on any atom is 0.246 e. The van der Waals surface area contributed by atoms with Crippen LogP contribution in [0.5, 0.6) is 5.75 Å². The number of amides is 1. The summed E-state index contributed by atoms with van der Waals surface area (Å²) < 4.78 is 32.8. The molecule has 1 amide bonds. The van der Waals surface area contributed by atoms with Crippen molar-refractivity contribution in [3.8, 4) is 5.75 Å². The van der Waals surface area contributed by atoms with E-state index in [2.05, 4.69) is 5.32 Å². The van der Waals surface area contributed by atoms with E-state index >= 15 is 0 Å². The maximum atomic E-state index is 13.0. The van der Waals surface area contributed by atoms with E-state index in [9.17, 15) is 13.2 Å². The Labute approximate surface area is 181 Å². The highest BCUT2D eigenvalue weighted by Crippen LogP contribution is 2.30. The summed E-state index contributed by atoms with van der Waals surface area (Å²) in [6.07, 6.45) is 0. The number of nitrogens with zero attached hydrogens (tertiary/aromatic N) is 1. The molecule has 0 aromatic heterocycles. The molecule has 158 valence electrons. The van der Waals surface area contributed by atoms with Crippen LogP contribution >= 0.6 is 23.4 Å². The molecule has 0 bridgehead atoms. The number of halogens is 1. The molecule has 29 heavy (non-hydrogen) atoms. The molecule has 2 aromatic rings. The van der Waals surface area contributed by atoms with E-state index in [4.69, 9.17) is 16.3 Å². The average Bonchev–Trinajstić information content (AvgIpc) is 2.69. The van der Waals surface area contributed by atoms with Crippen molar-refractivity contribution in [2.75, 3.05) is 30.8 Å². The molecule has 0 aliphatic carbocycles. The number of carbonyl (C=O) groups excluding carboxylic acids is 1. The minimum Gasteiger partial charge on any atom is -0.492 e. The highest BCUT2D eigenvalue weighted by Gasteiger charge is 2.26. The molecule has 0 radical (unpaired) electrons. The smallest absolute Gasteiger partial charge is 0.246 e. The van der Waals surface area contributed by atoms with Crippen molar-refractivity contribution in [2.45, 2.75) is 30.6 Å². The monoisotopic (exact) mass is 456 g/mol. The highest BCUT2D eigenvalue weighted by atomic mass is 35.5. The molecule has 0 spiro atoms. The van der Waals surface area contributed by atoms with Gasteiger partial charge in [0.1, 0.15) is 10.6 Å². The molecule has 0 saturated heterocycles. The lowest BCUT2D eigenvalue weighted by atomic mass is 10.3. The third kappa shape index (κ3) is 6.37. The van der Waals surface area contributed by atoms with Crippen molar-refractivity contribution in [3.63, 3.8) is 0 Å². The first-order valence-electron chi connectivity index (χ1n) is 9.27. The van der Waals surface area contributed by atoms with Crippen molar-refractivity contribution in [3.05, 3.63) is 47.5 Å². The minimum absolute atomic E-state index is 0.0474. The van der Waals surface area contributed by atoms with Gasteiger partial charge in [-0.05, 0) is 49.4 Å². The zero-order chi connectivity index (χ0) is 21.4. The summed E-state index contributed by atoms with van der Waals surface area (Å²) in [5.41, 5.74) is 0.404. The van der Waals surface area contributed by atoms with Crippen LogP contribution in [0.15, 0.2) is 52.3 Å². The fourth-order valence-electron chi connectivity index (χ4n) is 2.64. The molecule has 9 heteroatoms. The summed E-state index contributed by atoms with van der Waals surface area (Å²) in [5.74, 6) is 0.223. The van der Waals surface area contributed by atoms with Crippen molar-refractivity contribution in [1.29, 1.82) is 0 Å². The Morgan fingerprint density at radius 2 is 1.76 bits per heavy atom. The number of benzene rings is 2. The molecule has 2 aromatic carbocycles. The van der Waals surface area contributed by atoms with E-state index in [-0.39, 0.29) is 22.3 Å². The van der Waals surface area contributed by atoms with Crippen molar-refractivity contribution >= 4 is 45.0 Å². The minimum atomic E-state index is -3.73. The first-order valence-corrected chi connectivity index (χ1v) is 12.1. The van der Waals surface area contributed by atoms with Crippen LogP contribution in [0.25, 0.3) is 0 Å². The molecule has 0 saturated carbocycles. The summed E-state index contributed by atoms with van der Waals surface area (Å²) >= 11 is 7.23. The largest absolute Gasteiger partial charge is 0.492 e. The predicted octanol–water partition coefficient (Wildman–Crippen LogP) is 4.50. The van der Waals surface area contributed by atoms with Crippen LogP contribution in [0.4, 0.5) is 5.69 Å². The molecule has 0 atom stereocenters. The number of ether oxygens (including phenoxy) is 1. The van der Waals surface area contributed by atoms with E-state index in [1.807, 2.05) is 12.1 Å². The first-order chi connectivity index (χ1) is 13.8. The van der Waals surface area contributed by atoms with Gasteiger partial charge < -0.3 is 10.1 Å². The molecule has 0 unspecified atom stereocenters. The van der Waals surface area contributed by atoms with Gasteiger partial charge in [-0.2, -0.15) is 4.31 Å². The van der Waals surface area contributed by atoms with Crippen LogP contribution in [0.3, 0.4) is 0 Å². The highest BCUT2D eigenvalue weighted by molar-refractivity contribution is 8.00. The molecule has 6 nitrogen and oxygen atoms in total. The summed E-state index contributed by atoms with van der Waals surface area (Å²) in [6.45, 7) is 6.38. The fourth-order valence-corrected chi connectivity index (χ4v) is 5.08. The molecule has 0 fully saturated rings. The van der Waals surface area contributed by atoms with Gasteiger partial charge in [0.05, 0.1) is 12.4 Å². The molecule has 1 N–H and O–H groups in total. The van der Waals surface area contributed by atoms with Crippen molar-refractivity contribution < 1.29 is 17.9 Å². The lowest BCUT2D eigenvalue weighted by Crippen LogP contribution is -2.31. The number of sulfonamides is 1. The van der Waals surface area contributed by atoms with Crippen LogP contribution in [0.2, 0.25) is 5.02 Å². The third-order valence-electron chi connectivity index (χ3n) is 4.03. The van der Waals surface area contributed by atoms with Gasteiger partial charge in [0, 0.05) is 28.7 Å². The second kappa shape index (κ2) is 10.9. The number of thioether (sulfide) groups is 1. The van der Waals surface area contributed by atoms with Gasteiger partial charge in [-0.15, -0.1) is 11.8 Å². The Balaban J connectivity index is 2.18. The zero-order valence-corrected chi connectivity index (χ0v) is 19.0. The second-order valence-corrected chi connectivity index (χ2v) is 9.37. The normalized spacial score (nSPS) is 11.5. The summed E-state index contributed by atoms with van der Waals surface area (Å²) in [5, 5.41) is 3.39. The Morgan fingerprint density at radius 1 is 1.10 bits per heavy atom. The predicted molar refractivity (Wildman–Crippen MR) is 119 cm³/mol. The van der Waals surface area contributed by atoms with E-state index in [1.165, 1.54) is 22.1 Å². The van der Waals surface area contributed by atoms with E-state index < -0.39 is 10.0 Å². The number of carbonyl (C=O) groups is 1. The lowest BCUT2D eigenvalue weighted by Gasteiger charge is -2.21. The van der Waals surface area contributed by atoms with E-state index in [0.717, 1.165) is 4.90 Å². The Hall–Kier alpha value is -1.74. The van der Waals surface area contributed by atoms with Crippen molar-refractivity contribution in [1.82, 2.24) is 4.31 Å². The van der Waals surface area contributed by atoms with Crippen LogP contribution in [0.1, 0.15) is 20.8 Å². The summed E-state index contributed by atoms with van der Waals surface area (Å²) in [4.78, 5) is 13.3. The molecule has 0 heterocycles. The number of rotatable bonds is 10. The van der Waals surface area contributed by atoms with Gasteiger partial charge in [0.15, 0.2) is 0 Å². The quantitative estimate of drug-likeness (QED) is 0.532.